The fourth-order valence-corrected chi connectivity index (χ4v) is 1.31. The Hall–Kier alpha value is -0.900. The molecule has 0 radical (unpaired) electrons. The molecule has 1 fully saturated rings. The zero-order chi connectivity index (χ0) is 11.1. The van der Waals surface area contributed by atoms with E-state index in [1.54, 1.807) is 14.0 Å². The number of imide groups is 1. The Balaban J connectivity index is 0.000000791. The molecule has 1 N–H and O–H groups in total. The summed E-state index contributed by atoms with van der Waals surface area (Å²) in [6.45, 7) is 6.96. The van der Waals surface area contributed by atoms with Crippen LogP contribution in [0.5, 0.6) is 0 Å². The number of carbonyl (C=O) groups excluding carboxylic acids is 2. The molecule has 1 atom stereocenters. The summed E-state index contributed by atoms with van der Waals surface area (Å²) in [7, 11) is 1.80. The van der Waals surface area contributed by atoms with Crippen LogP contribution in [0.4, 0.5) is 0 Å². The maximum atomic E-state index is 11.3. The van der Waals surface area contributed by atoms with E-state index in [4.69, 9.17) is 0 Å². The molecule has 1 heterocycles. The topological polar surface area (TPSA) is 49.4 Å². The highest BCUT2D eigenvalue weighted by Gasteiger charge is 2.34. The second kappa shape index (κ2) is 6.54. The lowest BCUT2D eigenvalue weighted by Gasteiger charge is -2.13. The van der Waals surface area contributed by atoms with Crippen molar-refractivity contribution in [1.29, 1.82) is 0 Å². The first kappa shape index (κ1) is 13.1. The summed E-state index contributed by atoms with van der Waals surface area (Å²) >= 11 is 0. The second-order valence-electron chi connectivity index (χ2n) is 3.09. The largest absolute Gasteiger partial charge is 0.318 e. The van der Waals surface area contributed by atoms with Gasteiger partial charge in [0.2, 0.25) is 11.8 Å². The number of rotatable bonds is 3. The summed E-state index contributed by atoms with van der Waals surface area (Å²) in [6, 6.07) is 0. The molecule has 4 heteroatoms. The van der Waals surface area contributed by atoms with E-state index < -0.39 is 0 Å². The van der Waals surface area contributed by atoms with Gasteiger partial charge in [-0.2, -0.15) is 0 Å². The van der Waals surface area contributed by atoms with Gasteiger partial charge in [0, 0.05) is 25.4 Å². The molecule has 1 saturated heterocycles. The molecule has 0 aliphatic carbocycles. The highest BCUT2D eigenvalue weighted by molar-refractivity contribution is 6.03. The van der Waals surface area contributed by atoms with E-state index in [-0.39, 0.29) is 17.7 Å². The third kappa shape index (κ3) is 3.10. The Morgan fingerprint density at radius 2 is 2.00 bits per heavy atom. The van der Waals surface area contributed by atoms with E-state index in [9.17, 15) is 9.59 Å². The molecular weight excluding hydrogens is 180 g/mol. The highest BCUT2D eigenvalue weighted by atomic mass is 16.2. The fourth-order valence-electron chi connectivity index (χ4n) is 1.31. The Morgan fingerprint density at radius 1 is 1.43 bits per heavy atom. The predicted octanol–water partition coefficient (Wildman–Crippen LogP) is 0.627. The average Bonchev–Trinajstić information content (AvgIpc) is 2.43. The molecule has 0 aromatic heterocycles. The van der Waals surface area contributed by atoms with Crippen molar-refractivity contribution in [2.75, 3.05) is 20.1 Å². The van der Waals surface area contributed by atoms with E-state index in [0.29, 0.717) is 19.5 Å². The normalized spacial score (nSPS) is 20.9. The van der Waals surface area contributed by atoms with Gasteiger partial charge in [-0.1, -0.05) is 20.8 Å². The molecule has 0 bridgehead atoms. The van der Waals surface area contributed by atoms with Gasteiger partial charge in [-0.3, -0.25) is 14.5 Å². The number of nitrogens with zero attached hydrogens (tertiary/aromatic N) is 1. The fraction of sp³-hybridized carbons (Fsp3) is 0.800. The van der Waals surface area contributed by atoms with E-state index >= 15 is 0 Å². The van der Waals surface area contributed by atoms with E-state index in [1.165, 1.54) is 4.90 Å². The molecule has 1 unspecified atom stereocenters. The Kier molecular flexibility index (Phi) is 6.12. The highest BCUT2D eigenvalue weighted by Crippen LogP contribution is 2.17. The molecule has 1 rings (SSSR count). The van der Waals surface area contributed by atoms with Gasteiger partial charge in [-0.05, 0) is 7.05 Å². The van der Waals surface area contributed by atoms with E-state index in [0.717, 1.165) is 0 Å². The lowest BCUT2D eigenvalue weighted by molar-refractivity contribution is -0.139. The van der Waals surface area contributed by atoms with Crippen LogP contribution in [0, 0.1) is 5.92 Å². The first-order chi connectivity index (χ1) is 6.66. The maximum Gasteiger partial charge on any atom is 0.232 e. The van der Waals surface area contributed by atoms with E-state index in [1.807, 2.05) is 13.8 Å². The molecule has 14 heavy (non-hydrogen) atoms. The number of carbonyl (C=O) groups is 2. The Bertz CT molecular complexity index is 204. The van der Waals surface area contributed by atoms with Gasteiger partial charge in [0.15, 0.2) is 0 Å². The second-order valence-corrected chi connectivity index (χ2v) is 3.09. The molecule has 0 aromatic carbocycles. The summed E-state index contributed by atoms with van der Waals surface area (Å²) < 4.78 is 0. The van der Waals surface area contributed by atoms with Gasteiger partial charge in [0.25, 0.3) is 0 Å². The van der Waals surface area contributed by atoms with Crippen LogP contribution < -0.4 is 5.32 Å². The standard InChI is InChI=1S/C8H14N2O2.C2H6/c1-6-5-7(11)10(8(6)12)4-3-9-2;1-2/h6,9H,3-5H2,1-2H3;1-2H3. The van der Waals surface area contributed by atoms with Crippen molar-refractivity contribution in [3.63, 3.8) is 0 Å². The molecular formula is C10H20N2O2. The number of hydrogen-bond acceptors (Lipinski definition) is 3. The van der Waals surface area contributed by atoms with Gasteiger partial charge in [0.05, 0.1) is 0 Å². The van der Waals surface area contributed by atoms with Crippen LogP contribution in [0.3, 0.4) is 0 Å². The third-order valence-corrected chi connectivity index (χ3v) is 2.05. The number of hydrogen-bond donors (Lipinski definition) is 1. The van der Waals surface area contributed by atoms with Crippen LogP contribution >= 0.6 is 0 Å². The SMILES string of the molecule is CC.CNCCN1C(=O)CC(C)C1=O. The average molecular weight is 200 g/mol. The third-order valence-electron chi connectivity index (χ3n) is 2.05. The predicted molar refractivity (Wildman–Crippen MR) is 55.8 cm³/mol. The van der Waals surface area contributed by atoms with Crippen LogP contribution in [-0.4, -0.2) is 36.9 Å². The number of nitrogens with one attached hydrogen (secondary N) is 1. The molecule has 82 valence electrons. The molecule has 1 aliphatic rings. The smallest absolute Gasteiger partial charge is 0.232 e. The monoisotopic (exact) mass is 200 g/mol. The van der Waals surface area contributed by atoms with Gasteiger partial charge < -0.3 is 5.32 Å². The molecule has 2 amide bonds. The van der Waals surface area contributed by atoms with Gasteiger partial charge in [-0.25, -0.2) is 0 Å². The van der Waals surface area contributed by atoms with Crippen molar-refractivity contribution >= 4 is 11.8 Å². The van der Waals surface area contributed by atoms with Crippen LogP contribution in [-0.2, 0) is 9.59 Å². The van der Waals surface area contributed by atoms with Gasteiger partial charge in [-0.15, -0.1) is 0 Å². The lowest BCUT2D eigenvalue weighted by Crippen LogP contribution is -2.35. The van der Waals surface area contributed by atoms with Crippen molar-refractivity contribution in [1.82, 2.24) is 10.2 Å². The van der Waals surface area contributed by atoms with Crippen molar-refractivity contribution in [3.05, 3.63) is 0 Å². The van der Waals surface area contributed by atoms with Crippen LogP contribution in [0.25, 0.3) is 0 Å². The van der Waals surface area contributed by atoms with Crippen molar-refractivity contribution in [3.8, 4) is 0 Å². The summed E-state index contributed by atoms with van der Waals surface area (Å²) in [5, 5.41) is 2.90. The first-order valence-corrected chi connectivity index (χ1v) is 5.15. The minimum atomic E-state index is -0.116. The number of likely N-dealkylation sites (N-methyl/N-ethyl adjacent to an activating group) is 1. The molecule has 4 nitrogen and oxygen atoms in total. The zero-order valence-electron chi connectivity index (χ0n) is 9.46. The summed E-state index contributed by atoms with van der Waals surface area (Å²) in [6.07, 6.45) is 0.378. The zero-order valence-corrected chi connectivity index (χ0v) is 9.46. The summed E-state index contributed by atoms with van der Waals surface area (Å²) in [5.41, 5.74) is 0. The van der Waals surface area contributed by atoms with Crippen molar-refractivity contribution < 1.29 is 9.59 Å². The quantitative estimate of drug-likeness (QED) is 0.680. The van der Waals surface area contributed by atoms with Gasteiger partial charge in [0.1, 0.15) is 0 Å². The van der Waals surface area contributed by atoms with Crippen molar-refractivity contribution in [2.45, 2.75) is 27.2 Å². The summed E-state index contributed by atoms with van der Waals surface area (Å²) in [5.74, 6) is -0.188. The van der Waals surface area contributed by atoms with Gasteiger partial charge >= 0.3 is 0 Å². The van der Waals surface area contributed by atoms with E-state index in [2.05, 4.69) is 5.32 Å². The minimum absolute atomic E-state index is 0.0322. The summed E-state index contributed by atoms with van der Waals surface area (Å²) in [4.78, 5) is 23.8. The van der Waals surface area contributed by atoms with Crippen molar-refractivity contribution in [2.24, 2.45) is 5.92 Å². The lowest BCUT2D eigenvalue weighted by atomic mass is 10.1. The number of likely N-dealkylation sites (tertiary alicyclic amines) is 1. The first-order valence-electron chi connectivity index (χ1n) is 5.15. The Morgan fingerprint density at radius 3 is 2.36 bits per heavy atom. The Labute approximate surface area is 85.7 Å². The molecule has 1 aliphatic heterocycles. The molecule has 0 spiro atoms. The molecule has 0 saturated carbocycles. The maximum absolute atomic E-state index is 11.3. The van der Waals surface area contributed by atoms with Crippen LogP contribution in [0.2, 0.25) is 0 Å². The number of amides is 2. The minimum Gasteiger partial charge on any atom is -0.318 e. The van der Waals surface area contributed by atoms with Crippen LogP contribution in [0.15, 0.2) is 0 Å². The molecule has 0 aromatic rings. The van der Waals surface area contributed by atoms with Crippen LogP contribution in [0.1, 0.15) is 27.2 Å².